The van der Waals surface area contributed by atoms with Gasteiger partial charge in [0.1, 0.15) is 0 Å². The lowest BCUT2D eigenvalue weighted by Crippen LogP contribution is -2.38. The van der Waals surface area contributed by atoms with E-state index in [2.05, 4.69) is 73.9 Å². The van der Waals surface area contributed by atoms with Crippen molar-refractivity contribution in [1.82, 2.24) is 20.2 Å². The van der Waals surface area contributed by atoms with Gasteiger partial charge < -0.3 is 15.2 Å². The highest BCUT2D eigenvalue weighted by molar-refractivity contribution is 14.0. The topological polar surface area (TPSA) is 54.2 Å². The van der Waals surface area contributed by atoms with Gasteiger partial charge in [-0.15, -0.1) is 35.3 Å². The number of aromatic nitrogens is 2. The second-order valence-electron chi connectivity index (χ2n) is 6.28. The number of hydrogen-bond donors (Lipinski definition) is 2. The average Bonchev–Trinajstić information content (AvgIpc) is 3.36. The predicted molar refractivity (Wildman–Crippen MR) is 124 cm³/mol. The zero-order valence-electron chi connectivity index (χ0n) is 15.6. The van der Waals surface area contributed by atoms with E-state index in [9.17, 15) is 0 Å². The Labute approximate surface area is 182 Å². The highest BCUT2D eigenvalue weighted by Crippen LogP contribution is 2.19. The minimum Gasteiger partial charge on any atom is -0.356 e. The minimum absolute atomic E-state index is 0. The van der Waals surface area contributed by atoms with Crippen LogP contribution in [0.5, 0.6) is 0 Å². The molecule has 3 aromatic rings. The molecule has 1 unspecified atom stereocenters. The van der Waals surface area contributed by atoms with Crippen molar-refractivity contribution >= 4 is 41.3 Å². The molecule has 2 N–H and O–H groups in total. The summed E-state index contributed by atoms with van der Waals surface area (Å²) in [6.07, 6.45) is 5.62. The van der Waals surface area contributed by atoms with Gasteiger partial charge in [-0.2, -0.15) is 0 Å². The maximum Gasteiger partial charge on any atom is 0.191 e. The van der Waals surface area contributed by atoms with Crippen LogP contribution in [0.15, 0.2) is 65.5 Å². The van der Waals surface area contributed by atoms with E-state index >= 15 is 0 Å². The van der Waals surface area contributed by atoms with Crippen LogP contribution in [0, 0.1) is 0 Å². The Bertz CT molecular complexity index is 815. The molecule has 2 heterocycles. The van der Waals surface area contributed by atoms with Crippen LogP contribution in [0.3, 0.4) is 0 Å². The van der Waals surface area contributed by atoms with E-state index < -0.39 is 0 Å². The SMILES string of the molecule is CN=C(NCc1cccc(Cn2ccnc2)c1)NCC(C)c1cccs1.I. The van der Waals surface area contributed by atoms with E-state index in [1.165, 1.54) is 16.0 Å². The van der Waals surface area contributed by atoms with Gasteiger partial charge in [0, 0.05) is 49.9 Å². The molecule has 0 aliphatic carbocycles. The molecule has 27 heavy (non-hydrogen) atoms. The van der Waals surface area contributed by atoms with E-state index in [4.69, 9.17) is 0 Å². The molecule has 7 heteroatoms. The monoisotopic (exact) mass is 495 g/mol. The summed E-state index contributed by atoms with van der Waals surface area (Å²) in [5.41, 5.74) is 2.49. The number of halogens is 1. The Kier molecular flexibility index (Phi) is 8.80. The zero-order chi connectivity index (χ0) is 18.2. The Morgan fingerprint density at radius 1 is 1.22 bits per heavy atom. The average molecular weight is 495 g/mol. The molecule has 0 bridgehead atoms. The van der Waals surface area contributed by atoms with E-state index in [1.54, 1.807) is 24.6 Å². The number of imidazole rings is 1. The van der Waals surface area contributed by atoms with Gasteiger partial charge in [-0.1, -0.05) is 37.3 Å². The lowest BCUT2D eigenvalue weighted by Gasteiger charge is -2.15. The van der Waals surface area contributed by atoms with E-state index in [1.807, 2.05) is 12.5 Å². The van der Waals surface area contributed by atoms with E-state index in [-0.39, 0.29) is 24.0 Å². The van der Waals surface area contributed by atoms with Gasteiger partial charge in [-0.3, -0.25) is 4.99 Å². The van der Waals surface area contributed by atoms with Gasteiger partial charge >= 0.3 is 0 Å². The fourth-order valence-electron chi connectivity index (χ4n) is 2.76. The third-order valence-electron chi connectivity index (χ3n) is 4.20. The number of guanidine groups is 1. The second-order valence-corrected chi connectivity index (χ2v) is 7.26. The molecule has 0 fully saturated rings. The number of thiophene rings is 1. The van der Waals surface area contributed by atoms with Gasteiger partial charge in [0.25, 0.3) is 0 Å². The molecule has 0 radical (unpaired) electrons. The summed E-state index contributed by atoms with van der Waals surface area (Å²) in [5.74, 6) is 1.29. The smallest absolute Gasteiger partial charge is 0.191 e. The number of nitrogens with one attached hydrogen (secondary N) is 2. The summed E-state index contributed by atoms with van der Waals surface area (Å²) < 4.78 is 2.07. The van der Waals surface area contributed by atoms with Crippen molar-refractivity contribution in [2.24, 2.45) is 4.99 Å². The summed E-state index contributed by atoms with van der Waals surface area (Å²) in [7, 11) is 1.81. The summed E-state index contributed by atoms with van der Waals surface area (Å²) in [6, 6.07) is 12.9. The van der Waals surface area contributed by atoms with Crippen molar-refractivity contribution in [1.29, 1.82) is 0 Å². The van der Waals surface area contributed by atoms with E-state index in [0.717, 1.165) is 25.6 Å². The fourth-order valence-corrected chi connectivity index (χ4v) is 3.54. The lowest BCUT2D eigenvalue weighted by atomic mass is 10.1. The molecule has 1 aromatic carbocycles. The first-order valence-corrected chi connectivity index (χ1v) is 9.64. The fraction of sp³-hybridized carbons (Fsp3) is 0.300. The van der Waals surface area contributed by atoms with Gasteiger partial charge in [0.15, 0.2) is 5.96 Å². The van der Waals surface area contributed by atoms with Gasteiger partial charge in [-0.25, -0.2) is 4.98 Å². The van der Waals surface area contributed by atoms with Crippen LogP contribution >= 0.6 is 35.3 Å². The first-order chi connectivity index (χ1) is 12.7. The third-order valence-corrected chi connectivity index (χ3v) is 5.31. The molecule has 0 saturated carbocycles. The maximum atomic E-state index is 4.33. The van der Waals surface area contributed by atoms with Crippen LogP contribution in [-0.4, -0.2) is 29.1 Å². The Morgan fingerprint density at radius 2 is 2.07 bits per heavy atom. The van der Waals surface area contributed by atoms with Crippen molar-refractivity contribution in [3.05, 3.63) is 76.5 Å². The van der Waals surface area contributed by atoms with Gasteiger partial charge in [0.05, 0.1) is 6.33 Å². The normalized spacial score (nSPS) is 12.3. The molecule has 0 amide bonds. The third kappa shape index (κ3) is 6.66. The standard InChI is InChI=1S/C20H25N5S.HI/c1-16(19-7-4-10-26-19)12-23-20(21-2)24-13-17-5-3-6-18(11-17)14-25-9-8-22-15-25;/h3-11,15-16H,12-14H2,1-2H3,(H2,21,23,24);1H. The Balaban J connectivity index is 0.00000261. The Hall–Kier alpha value is -1.87. The van der Waals surface area contributed by atoms with Crippen LogP contribution in [-0.2, 0) is 13.1 Å². The molecule has 3 rings (SSSR count). The van der Waals surface area contributed by atoms with Crippen LogP contribution in [0.2, 0.25) is 0 Å². The molecular weight excluding hydrogens is 469 g/mol. The summed E-state index contributed by atoms with van der Waals surface area (Å²) in [4.78, 5) is 9.81. The highest BCUT2D eigenvalue weighted by atomic mass is 127. The first kappa shape index (κ1) is 21.4. The molecule has 0 aliphatic heterocycles. The number of nitrogens with zero attached hydrogens (tertiary/aromatic N) is 3. The minimum atomic E-state index is 0. The van der Waals surface area contributed by atoms with Crippen LogP contribution in [0.1, 0.15) is 28.8 Å². The van der Waals surface area contributed by atoms with Crippen molar-refractivity contribution < 1.29 is 0 Å². The van der Waals surface area contributed by atoms with Crippen molar-refractivity contribution in [2.45, 2.75) is 25.9 Å². The lowest BCUT2D eigenvalue weighted by molar-refractivity contribution is 0.708. The zero-order valence-corrected chi connectivity index (χ0v) is 18.8. The molecule has 1 atom stereocenters. The number of hydrogen-bond acceptors (Lipinski definition) is 3. The molecule has 0 saturated heterocycles. The van der Waals surface area contributed by atoms with Gasteiger partial charge in [0.2, 0.25) is 0 Å². The second kappa shape index (κ2) is 11.1. The molecule has 2 aromatic heterocycles. The molecule has 144 valence electrons. The highest BCUT2D eigenvalue weighted by Gasteiger charge is 2.07. The maximum absolute atomic E-state index is 4.33. The number of rotatable bonds is 7. The number of benzene rings is 1. The molecule has 0 spiro atoms. The first-order valence-electron chi connectivity index (χ1n) is 8.76. The largest absolute Gasteiger partial charge is 0.356 e. The van der Waals surface area contributed by atoms with Gasteiger partial charge in [-0.05, 0) is 22.6 Å². The molecule has 0 aliphatic rings. The quantitative estimate of drug-likeness (QED) is 0.295. The van der Waals surface area contributed by atoms with E-state index in [0.29, 0.717) is 5.92 Å². The van der Waals surface area contributed by atoms with Crippen LogP contribution in [0.4, 0.5) is 0 Å². The van der Waals surface area contributed by atoms with Crippen LogP contribution < -0.4 is 10.6 Å². The Morgan fingerprint density at radius 3 is 2.78 bits per heavy atom. The van der Waals surface area contributed by atoms with Crippen molar-refractivity contribution in [3.63, 3.8) is 0 Å². The summed E-state index contributed by atoms with van der Waals surface area (Å²) >= 11 is 1.80. The molecule has 5 nitrogen and oxygen atoms in total. The molecular formula is C20H26IN5S. The van der Waals surface area contributed by atoms with Crippen molar-refractivity contribution in [2.75, 3.05) is 13.6 Å². The van der Waals surface area contributed by atoms with Crippen molar-refractivity contribution in [3.8, 4) is 0 Å². The van der Waals surface area contributed by atoms with Crippen LogP contribution in [0.25, 0.3) is 0 Å². The summed E-state index contributed by atoms with van der Waals surface area (Å²) in [5, 5.41) is 8.93. The predicted octanol–water partition coefficient (Wildman–Crippen LogP) is 4.08. The summed E-state index contributed by atoms with van der Waals surface area (Å²) in [6.45, 7) is 4.66. The number of aliphatic imine (C=N–C) groups is 1.